The van der Waals surface area contributed by atoms with Crippen LogP contribution in [-0.4, -0.2) is 27.6 Å². The van der Waals surface area contributed by atoms with Crippen LogP contribution in [-0.2, 0) is 6.61 Å². The summed E-state index contributed by atoms with van der Waals surface area (Å²) in [6, 6.07) is 10.7. The first-order valence-electron chi connectivity index (χ1n) is 10.3. The smallest absolute Gasteiger partial charge is 0.258 e. The summed E-state index contributed by atoms with van der Waals surface area (Å²) >= 11 is 5.84. The topological polar surface area (TPSA) is 60.2 Å². The minimum Gasteiger partial charge on any atom is -0.487 e. The molecule has 4 heterocycles. The Morgan fingerprint density at radius 1 is 1.17 bits per heavy atom. The molecule has 1 atom stereocenters. The molecule has 1 unspecified atom stereocenters. The molecule has 0 aromatic carbocycles. The van der Waals surface area contributed by atoms with Crippen LogP contribution in [0.3, 0.4) is 0 Å². The number of rotatable bonds is 7. The molecule has 6 nitrogen and oxygen atoms in total. The maximum atomic E-state index is 12.6. The highest BCUT2D eigenvalue weighted by atomic mass is 35.5. The second kappa shape index (κ2) is 9.30. The number of anilines is 1. The second-order valence-electron chi connectivity index (χ2n) is 7.59. The van der Waals surface area contributed by atoms with Gasteiger partial charge in [-0.2, -0.15) is 0 Å². The monoisotopic (exact) mass is 424 g/mol. The van der Waals surface area contributed by atoms with Gasteiger partial charge in [-0.3, -0.25) is 14.3 Å². The van der Waals surface area contributed by atoms with Gasteiger partial charge in [0.2, 0.25) is 0 Å². The van der Waals surface area contributed by atoms with Crippen molar-refractivity contribution in [1.29, 1.82) is 0 Å². The van der Waals surface area contributed by atoms with Gasteiger partial charge < -0.3 is 9.64 Å². The second-order valence-corrected chi connectivity index (χ2v) is 8.03. The van der Waals surface area contributed by atoms with Crippen LogP contribution >= 0.6 is 11.6 Å². The number of hydrogen-bond acceptors (Lipinski definition) is 5. The summed E-state index contributed by atoms with van der Waals surface area (Å²) in [5.41, 5.74) is 1.31. The van der Waals surface area contributed by atoms with E-state index in [1.165, 1.54) is 25.3 Å². The molecule has 0 saturated carbocycles. The van der Waals surface area contributed by atoms with Crippen LogP contribution in [0.2, 0.25) is 5.02 Å². The van der Waals surface area contributed by atoms with E-state index in [9.17, 15) is 4.79 Å². The van der Waals surface area contributed by atoms with E-state index in [0.29, 0.717) is 10.8 Å². The summed E-state index contributed by atoms with van der Waals surface area (Å²) in [7, 11) is 0. The fraction of sp³-hybridized carbons (Fsp3) is 0.348. The van der Waals surface area contributed by atoms with Gasteiger partial charge >= 0.3 is 0 Å². The minimum absolute atomic E-state index is 0.171. The molecule has 1 fully saturated rings. The van der Waals surface area contributed by atoms with Crippen molar-refractivity contribution >= 4 is 17.4 Å². The maximum absolute atomic E-state index is 12.6. The zero-order valence-electron chi connectivity index (χ0n) is 17.0. The third kappa shape index (κ3) is 4.82. The molecular formula is C23H25ClN4O2. The largest absolute Gasteiger partial charge is 0.487 e. The molecule has 4 rings (SSSR count). The predicted octanol–water partition coefficient (Wildman–Crippen LogP) is 4.49. The summed E-state index contributed by atoms with van der Waals surface area (Å²) in [4.78, 5) is 23.7. The van der Waals surface area contributed by atoms with Crippen molar-refractivity contribution in [3.05, 3.63) is 76.1 Å². The van der Waals surface area contributed by atoms with Gasteiger partial charge in [-0.25, -0.2) is 4.98 Å². The average molecular weight is 425 g/mol. The first-order valence-corrected chi connectivity index (χ1v) is 10.7. The molecule has 0 amide bonds. The fourth-order valence-electron chi connectivity index (χ4n) is 3.81. The van der Waals surface area contributed by atoms with Crippen LogP contribution in [0.4, 0.5) is 5.82 Å². The van der Waals surface area contributed by atoms with Crippen molar-refractivity contribution in [3.63, 3.8) is 0 Å². The van der Waals surface area contributed by atoms with E-state index in [4.69, 9.17) is 16.3 Å². The Kier molecular flexibility index (Phi) is 6.33. The molecule has 0 bridgehead atoms. The number of ether oxygens (including phenoxy) is 1. The zero-order valence-corrected chi connectivity index (χ0v) is 17.8. The van der Waals surface area contributed by atoms with Crippen LogP contribution < -0.4 is 15.2 Å². The molecule has 0 radical (unpaired) electrons. The van der Waals surface area contributed by atoms with Crippen LogP contribution in [0.15, 0.2) is 59.8 Å². The number of pyridine rings is 3. The molecule has 30 heavy (non-hydrogen) atoms. The van der Waals surface area contributed by atoms with E-state index in [1.807, 2.05) is 12.1 Å². The highest BCUT2D eigenvalue weighted by Gasteiger charge is 2.22. The third-order valence-corrected chi connectivity index (χ3v) is 5.61. The van der Waals surface area contributed by atoms with Gasteiger partial charge in [-0.1, -0.05) is 24.9 Å². The first kappa shape index (κ1) is 20.4. The molecule has 1 saturated heterocycles. The molecule has 0 N–H and O–H groups in total. The summed E-state index contributed by atoms with van der Waals surface area (Å²) in [6.45, 7) is 4.62. The van der Waals surface area contributed by atoms with Gasteiger partial charge in [0.15, 0.2) is 0 Å². The standard InChI is InChI=1S/C23H25ClN4O2/c1-2-3-17-8-10-27(15-17)22-7-6-20(14-26-22)28-11-9-21(12-23(28)29)30-16-19-5-4-18(24)13-25-19/h4-7,9,11-14,17H,2-3,8,10,15-16H2,1H3. The van der Waals surface area contributed by atoms with E-state index < -0.39 is 0 Å². The Morgan fingerprint density at radius 2 is 2.07 bits per heavy atom. The number of halogens is 1. The quantitative estimate of drug-likeness (QED) is 0.559. The highest BCUT2D eigenvalue weighted by molar-refractivity contribution is 6.30. The summed E-state index contributed by atoms with van der Waals surface area (Å²) in [5.74, 6) is 2.23. The molecule has 1 aliphatic heterocycles. The van der Waals surface area contributed by atoms with Crippen molar-refractivity contribution in [3.8, 4) is 11.4 Å². The first-order chi connectivity index (χ1) is 14.6. The van der Waals surface area contributed by atoms with Crippen LogP contribution in [0, 0.1) is 5.92 Å². The van der Waals surface area contributed by atoms with Crippen LogP contribution in [0.1, 0.15) is 31.9 Å². The van der Waals surface area contributed by atoms with E-state index >= 15 is 0 Å². The number of nitrogens with zero attached hydrogens (tertiary/aromatic N) is 4. The molecule has 3 aromatic heterocycles. The average Bonchev–Trinajstić information content (AvgIpc) is 3.23. The Morgan fingerprint density at radius 3 is 2.77 bits per heavy atom. The maximum Gasteiger partial charge on any atom is 0.258 e. The van der Waals surface area contributed by atoms with E-state index in [0.717, 1.165) is 36.2 Å². The number of hydrogen-bond donors (Lipinski definition) is 0. The van der Waals surface area contributed by atoms with Crippen LogP contribution in [0.25, 0.3) is 5.69 Å². The molecule has 1 aliphatic rings. The lowest BCUT2D eigenvalue weighted by molar-refractivity contribution is 0.300. The van der Waals surface area contributed by atoms with Gasteiger partial charge in [-0.15, -0.1) is 0 Å². The molecule has 0 aliphatic carbocycles. The lowest BCUT2D eigenvalue weighted by atomic mass is 10.0. The number of aromatic nitrogens is 3. The Labute approximate surface area is 181 Å². The highest BCUT2D eigenvalue weighted by Crippen LogP contribution is 2.25. The van der Waals surface area contributed by atoms with Crippen molar-refractivity contribution in [2.75, 3.05) is 18.0 Å². The minimum atomic E-state index is -0.171. The van der Waals surface area contributed by atoms with E-state index in [-0.39, 0.29) is 12.2 Å². The molecule has 0 spiro atoms. The summed E-state index contributed by atoms with van der Waals surface area (Å²) in [5, 5.41) is 0.575. The lowest BCUT2D eigenvalue weighted by Gasteiger charge is -2.18. The van der Waals surface area contributed by atoms with Gasteiger partial charge in [0.05, 0.1) is 22.6 Å². The molecule has 156 valence electrons. The van der Waals surface area contributed by atoms with Crippen molar-refractivity contribution < 1.29 is 4.74 Å². The third-order valence-electron chi connectivity index (χ3n) is 5.38. The normalized spacial score (nSPS) is 16.1. The SMILES string of the molecule is CCCC1CCN(c2ccc(-n3ccc(OCc4ccc(Cl)cn4)cc3=O)cn2)C1. The van der Waals surface area contributed by atoms with E-state index in [2.05, 4.69) is 21.8 Å². The summed E-state index contributed by atoms with van der Waals surface area (Å²) < 4.78 is 7.24. The van der Waals surface area contributed by atoms with Crippen LogP contribution in [0.5, 0.6) is 5.75 Å². The van der Waals surface area contributed by atoms with Gasteiger partial charge in [-0.05, 0) is 49.1 Å². The van der Waals surface area contributed by atoms with Crippen molar-refractivity contribution in [2.24, 2.45) is 5.92 Å². The predicted molar refractivity (Wildman–Crippen MR) is 119 cm³/mol. The van der Waals surface area contributed by atoms with Crippen molar-refractivity contribution in [2.45, 2.75) is 32.8 Å². The van der Waals surface area contributed by atoms with Gasteiger partial charge in [0.1, 0.15) is 18.2 Å². The Bertz CT molecular complexity index is 1030. The van der Waals surface area contributed by atoms with Gasteiger partial charge in [0.25, 0.3) is 5.56 Å². The Hall–Kier alpha value is -2.86. The van der Waals surface area contributed by atoms with Crippen molar-refractivity contribution in [1.82, 2.24) is 14.5 Å². The molecule has 3 aromatic rings. The Balaban J connectivity index is 1.41. The fourth-order valence-corrected chi connectivity index (χ4v) is 3.92. The summed E-state index contributed by atoms with van der Waals surface area (Å²) in [6.07, 6.45) is 8.75. The molecular weight excluding hydrogens is 400 g/mol. The van der Waals surface area contributed by atoms with E-state index in [1.54, 1.807) is 41.4 Å². The lowest BCUT2D eigenvalue weighted by Crippen LogP contribution is -2.21. The zero-order chi connectivity index (χ0) is 20.9. The molecule has 7 heteroatoms. The van der Waals surface area contributed by atoms with Gasteiger partial charge in [0, 0.05) is 31.5 Å².